The first-order valence-electron chi connectivity index (χ1n) is 6.39. The zero-order valence-corrected chi connectivity index (χ0v) is 12.0. The molecule has 0 saturated carbocycles. The van der Waals surface area contributed by atoms with Gasteiger partial charge in [-0.2, -0.15) is 0 Å². The molecule has 1 aromatic rings. The number of hydrogen-bond acceptors (Lipinski definition) is 4. The number of alkyl halides is 4. The molecule has 1 saturated heterocycles. The Kier molecular flexibility index (Phi) is 5.33. The van der Waals surface area contributed by atoms with Gasteiger partial charge >= 0.3 is 12.4 Å². The summed E-state index contributed by atoms with van der Waals surface area (Å²) in [4.78, 5) is 11.7. The van der Waals surface area contributed by atoms with Crippen molar-refractivity contribution in [3.63, 3.8) is 0 Å². The molecule has 1 aliphatic heterocycles. The Labute approximate surface area is 129 Å². The van der Waals surface area contributed by atoms with Crippen molar-refractivity contribution in [3.8, 4) is 5.75 Å². The summed E-state index contributed by atoms with van der Waals surface area (Å²) in [6.07, 6.45) is -4.51. The fraction of sp³-hybridized carbons (Fsp3) is 0.417. The Morgan fingerprint density at radius 1 is 1.32 bits per heavy atom. The van der Waals surface area contributed by atoms with Crippen LogP contribution < -0.4 is 26.0 Å². The van der Waals surface area contributed by atoms with E-state index in [1.165, 1.54) is 12.1 Å². The zero-order chi connectivity index (χ0) is 16.2. The minimum Gasteiger partial charge on any atom is -0.406 e. The van der Waals surface area contributed by atoms with Gasteiger partial charge in [0.05, 0.1) is 5.50 Å². The van der Waals surface area contributed by atoms with Crippen LogP contribution in [-0.4, -0.2) is 30.7 Å². The van der Waals surface area contributed by atoms with Gasteiger partial charge in [-0.15, -0.1) is 24.8 Å². The van der Waals surface area contributed by atoms with E-state index < -0.39 is 18.7 Å². The quantitative estimate of drug-likeness (QED) is 0.503. The van der Waals surface area contributed by atoms with E-state index in [2.05, 4.69) is 26.0 Å². The third-order valence-electron chi connectivity index (χ3n) is 2.71. The molecule has 1 aliphatic rings. The normalized spacial score (nSPS) is 22.0. The summed E-state index contributed by atoms with van der Waals surface area (Å²) in [5, 5.41) is 11.0. The first kappa shape index (κ1) is 16.7. The summed E-state index contributed by atoms with van der Waals surface area (Å²) in [7, 11) is 0. The minimum atomic E-state index is -4.75. The van der Waals surface area contributed by atoms with Crippen molar-refractivity contribution in [3.05, 3.63) is 24.3 Å². The molecule has 6 nitrogen and oxygen atoms in total. The number of benzene rings is 1. The molecule has 4 N–H and O–H groups in total. The SMILES string of the molecule is O=C(Nc1ccc(OC(F)(F)F)cc1)NC1NCCC(Cl)N1. The maximum atomic E-state index is 12.0. The number of nitrogens with one attached hydrogen (secondary N) is 4. The molecule has 0 radical (unpaired) electrons. The third-order valence-corrected chi connectivity index (χ3v) is 3.06. The number of ether oxygens (including phenoxy) is 1. The highest BCUT2D eigenvalue weighted by molar-refractivity contribution is 6.20. The highest BCUT2D eigenvalue weighted by Crippen LogP contribution is 2.23. The van der Waals surface area contributed by atoms with Gasteiger partial charge in [0.2, 0.25) is 0 Å². The van der Waals surface area contributed by atoms with Gasteiger partial charge in [0.1, 0.15) is 12.0 Å². The lowest BCUT2D eigenvalue weighted by atomic mass is 10.3. The lowest BCUT2D eigenvalue weighted by molar-refractivity contribution is -0.274. The van der Waals surface area contributed by atoms with Crippen LogP contribution in [0.1, 0.15) is 6.42 Å². The van der Waals surface area contributed by atoms with E-state index in [1.54, 1.807) is 0 Å². The van der Waals surface area contributed by atoms with Crippen LogP contribution in [-0.2, 0) is 0 Å². The summed E-state index contributed by atoms with van der Waals surface area (Å²) in [6, 6.07) is 4.28. The summed E-state index contributed by atoms with van der Waals surface area (Å²) in [5.74, 6) is -0.362. The van der Waals surface area contributed by atoms with Crippen molar-refractivity contribution < 1.29 is 22.7 Å². The van der Waals surface area contributed by atoms with Crippen LogP contribution in [0.3, 0.4) is 0 Å². The molecule has 0 bridgehead atoms. The standard InChI is InChI=1S/C12H14ClF3N4O2/c13-9-5-6-17-10(19-9)20-11(21)18-7-1-3-8(4-2-7)22-12(14,15)16/h1-4,9-10,17,19H,5-6H2,(H2,18,20,21). The van der Waals surface area contributed by atoms with Crippen molar-refractivity contribution in [1.29, 1.82) is 0 Å². The van der Waals surface area contributed by atoms with E-state index >= 15 is 0 Å². The molecule has 1 aromatic carbocycles. The monoisotopic (exact) mass is 338 g/mol. The molecule has 1 heterocycles. The summed E-state index contributed by atoms with van der Waals surface area (Å²) >= 11 is 5.90. The molecule has 122 valence electrons. The average Bonchev–Trinajstić information content (AvgIpc) is 2.39. The molecule has 1 fully saturated rings. The number of anilines is 1. The second-order valence-electron chi connectivity index (χ2n) is 4.48. The third kappa shape index (κ3) is 5.58. The second kappa shape index (κ2) is 7.03. The van der Waals surface area contributed by atoms with Gasteiger partial charge in [-0.3, -0.25) is 10.6 Å². The predicted molar refractivity (Wildman–Crippen MR) is 74.5 cm³/mol. The fourth-order valence-corrected chi connectivity index (χ4v) is 2.04. The van der Waals surface area contributed by atoms with Crippen molar-refractivity contribution in [2.75, 3.05) is 11.9 Å². The Hall–Kier alpha value is -1.71. The van der Waals surface area contributed by atoms with Gasteiger partial charge in [-0.25, -0.2) is 4.79 Å². The molecule has 2 rings (SSSR count). The molecule has 22 heavy (non-hydrogen) atoms. The highest BCUT2D eigenvalue weighted by atomic mass is 35.5. The molecular formula is C12H14ClF3N4O2. The van der Waals surface area contributed by atoms with Crippen LogP contribution in [0.4, 0.5) is 23.7 Å². The van der Waals surface area contributed by atoms with Crippen LogP contribution in [0.2, 0.25) is 0 Å². The molecule has 10 heteroatoms. The fourth-order valence-electron chi connectivity index (χ4n) is 1.81. The number of carbonyl (C=O) groups excluding carboxylic acids is 1. The van der Waals surface area contributed by atoms with E-state index in [-0.39, 0.29) is 11.3 Å². The predicted octanol–water partition coefficient (Wildman–Crippen LogP) is 2.14. The number of hydrogen-bond donors (Lipinski definition) is 4. The van der Waals surface area contributed by atoms with Crippen molar-refractivity contribution in [2.24, 2.45) is 0 Å². The molecule has 2 amide bonds. The van der Waals surface area contributed by atoms with E-state index in [4.69, 9.17) is 11.6 Å². The van der Waals surface area contributed by atoms with Crippen LogP contribution in [0.5, 0.6) is 5.75 Å². The molecule has 2 atom stereocenters. The van der Waals surface area contributed by atoms with Crippen molar-refractivity contribution in [2.45, 2.75) is 24.6 Å². The largest absolute Gasteiger partial charge is 0.573 e. The summed E-state index contributed by atoms with van der Waals surface area (Å²) < 4.78 is 39.8. The van der Waals surface area contributed by atoms with Crippen LogP contribution in [0, 0.1) is 0 Å². The van der Waals surface area contributed by atoms with Gasteiger partial charge in [0, 0.05) is 12.2 Å². The number of amides is 2. The summed E-state index contributed by atoms with van der Waals surface area (Å²) in [5.41, 5.74) is 0.0793. The molecule has 0 aromatic heterocycles. The number of carbonyl (C=O) groups is 1. The van der Waals surface area contributed by atoms with Gasteiger partial charge < -0.3 is 15.4 Å². The molecule has 2 unspecified atom stereocenters. The Bertz CT molecular complexity index is 512. The van der Waals surface area contributed by atoms with E-state index in [9.17, 15) is 18.0 Å². The Balaban J connectivity index is 1.83. The highest BCUT2D eigenvalue weighted by Gasteiger charge is 2.31. The van der Waals surface area contributed by atoms with Crippen LogP contribution in [0.25, 0.3) is 0 Å². The lowest BCUT2D eigenvalue weighted by Gasteiger charge is -2.29. The van der Waals surface area contributed by atoms with E-state index in [0.717, 1.165) is 18.6 Å². The first-order valence-corrected chi connectivity index (χ1v) is 6.82. The first-order chi connectivity index (χ1) is 10.3. The van der Waals surface area contributed by atoms with E-state index in [1.807, 2.05) is 0 Å². The van der Waals surface area contributed by atoms with Gasteiger partial charge in [0.25, 0.3) is 0 Å². The maximum Gasteiger partial charge on any atom is 0.573 e. The van der Waals surface area contributed by atoms with E-state index in [0.29, 0.717) is 12.2 Å². The smallest absolute Gasteiger partial charge is 0.406 e. The Morgan fingerprint density at radius 3 is 2.59 bits per heavy atom. The van der Waals surface area contributed by atoms with Crippen molar-refractivity contribution in [1.82, 2.24) is 16.0 Å². The van der Waals surface area contributed by atoms with Crippen molar-refractivity contribution >= 4 is 23.3 Å². The second-order valence-corrected chi connectivity index (χ2v) is 5.01. The summed E-state index contributed by atoms with van der Waals surface area (Å²) in [6.45, 7) is 0.648. The number of urea groups is 1. The average molecular weight is 339 g/mol. The van der Waals surface area contributed by atoms with Gasteiger partial charge in [-0.1, -0.05) is 0 Å². The number of halogens is 4. The lowest BCUT2D eigenvalue weighted by Crippen LogP contribution is -2.61. The van der Waals surface area contributed by atoms with Gasteiger partial charge in [0.15, 0.2) is 0 Å². The topological polar surface area (TPSA) is 74.4 Å². The minimum absolute atomic E-state index is 0.245. The maximum absolute atomic E-state index is 12.0. The van der Waals surface area contributed by atoms with Gasteiger partial charge in [-0.05, 0) is 30.7 Å². The number of rotatable bonds is 3. The molecular weight excluding hydrogens is 325 g/mol. The van der Waals surface area contributed by atoms with Crippen LogP contribution >= 0.6 is 11.6 Å². The Morgan fingerprint density at radius 2 is 2.00 bits per heavy atom. The molecule has 0 spiro atoms. The zero-order valence-electron chi connectivity index (χ0n) is 11.2. The van der Waals surface area contributed by atoms with Crippen LogP contribution in [0.15, 0.2) is 24.3 Å². The molecule has 0 aliphatic carbocycles.